The SMILES string of the molecule is CCCCCCCCCC(=O)c1cccc(OC)c1F. The largest absolute Gasteiger partial charge is 0.494 e. The maximum atomic E-state index is 13.9. The first-order chi connectivity index (χ1) is 9.70. The summed E-state index contributed by atoms with van der Waals surface area (Å²) in [7, 11) is 1.41. The molecule has 0 amide bonds. The van der Waals surface area contributed by atoms with E-state index in [-0.39, 0.29) is 17.1 Å². The van der Waals surface area contributed by atoms with Crippen LogP contribution in [0.25, 0.3) is 0 Å². The molecule has 0 unspecified atom stereocenters. The second-order valence-corrected chi connectivity index (χ2v) is 5.12. The maximum Gasteiger partial charge on any atom is 0.175 e. The number of ketones is 1. The fourth-order valence-electron chi connectivity index (χ4n) is 2.26. The summed E-state index contributed by atoms with van der Waals surface area (Å²) in [5, 5.41) is 0. The summed E-state index contributed by atoms with van der Waals surface area (Å²) in [5.74, 6) is -0.534. The molecule has 0 radical (unpaired) electrons. The number of rotatable bonds is 10. The van der Waals surface area contributed by atoms with E-state index in [1.54, 1.807) is 6.07 Å². The van der Waals surface area contributed by atoms with E-state index in [2.05, 4.69) is 6.92 Å². The van der Waals surface area contributed by atoms with Crippen LogP contribution in [-0.4, -0.2) is 12.9 Å². The van der Waals surface area contributed by atoms with E-state index in [0.29, 0.717) is 6.42 Å². The van der Waals surface area contributed by atoms with Crippen molar-refractivity contribution in [1.29, 1.82) is 0 Å². The van der Waals surface area contributed by atoms with Gasteiger partial charge >= 0.3 is 0 Å². The molecule has 0 heterocycles. The predicted octanol–water partition coefficient (Wildman–Crippen LogP) is 5.16. The molecule has 0 N–H and O–H groups in total. The van der Waals surface area contributed by atoms with Crippen molar-refractivity contribution in [1.82, 2.24) is 0 Å². The monoisotopic (exact) mass is 280 g/mol. The quantitative estimate of drug-likeness (QED) is 0.437. The lowest BCUT2D eigenvalue weighted by Gasteiger charge is -2.06. The predicted molar refractivity (Wildman–Crippen MR) is 79.9 cm³/mol. The molecule has 1 aromatic carbocycles. The smallest absolute Gasteiger partial charge is 0.175 e. The molecule has 0 saturated carbocycles. The third kappa shape index (κ3) is 5.32. The molecule has 20 heavy (non-hydrogen) atoms. The molecule has 1 rings (SSSR count). The minimum Gasteiger partial charge on any atom is -0.494 e. The number of hydrogen-bond acceptors (Lipinski definition) is 2. The Bertz CT molecular complexity index is 415. The molecular weight excluding hydrogens is 255 g/mol. The van der Waals surface area contributed by atoms with E-state index in [1.165, 1.54) is 44.9 Å². The van der Waals surface area contributed by atoms with Crippen LogP contribution in [0.15, 0.2) is 18.2 Å². The molecule has 0 bridgehead atoms. The average Bonchev–Trinajstić information content (AvgIpc) is 2.46. The van der Waals surface area contributed by atoms with Gasteiger partial charge in [0.25, 0.3) is 0 Å². The summed E-state index contributed by atoms with van der Waals surface area (Å²) in [6.45, 7) is 2.20. The summed E-state index contributed by atoms with van der Waals surface area (Å²) >= 11 is 0. The van der Waals surface area contributed by atoms with Crippen molar-refractivity contribution in [2.75, 3.05) is 7.11 Å². The van der Waals surface area contributed by atoms with E-state index in [9.17, 15) is 9.18 Å². The lowest BCUT2D eigenvalue weighted by molar-refractivity contribution is 0.0974. The fraction of sp³-hybridized carbons (Fsp3) is 0.588. The van der Waals surface area contributed by atoms with Crippen molar-refractivity contribution in [3.63, 3.8) is 0 Å². The zero-order valence-electron chi connectivity index (χ0n) is 12.6. The van der Waals surface area contributed by atoms with Crippen molar-refractivity contribution >= 4 is 5.78 Å². The van der Waals surface area contributed by atoms with Gasteiger partial charge in [-0.05, 0) is 18.6 Å². The number of Topliss-reactive ketones (excluding diaryl/α,β-unsaturated/α-hetero) is 1. The average molecular weight is 280 g/mol. The molecule has 0 spiro atoms. The van der Waals surface area contributed by atoms with Crippen molar-refractivity contribution in [3.8, 4) is 5.75 Å². The molecular formula is C17H25FO2. The Hall–Kier alpha value is -1.38. The highest BCUT2D eigenvalue weighted by atomic mass is 19.1. The van der Waals surface area contributed by atoms with Crippen LogP contribution in [0, 0.1) is 5.82 Å². The Morgan fingerprint density at radius 1 is 1.10 bits per heavy atom. The summed E-state index contributed by atoms with van der Waals surface area (Å²) in [6.07, 6.45) is 8.49. The standard InChI is InChI=1S/C17H25FO2/c1-3-4-5-6-7-8-9-12-15(19)14-11-10-13-16(20-2)17(14)18/h10-11,13H,3-9,12H2,1-2H3. The number of methoxy groups -OCH3 is 1. The minimum absolute atomic E-state index is 0.130. The Kier molecular flexibility index (Phi) is 7.93. The van der Waals surface area contributed by atoms with Gasteiger partial charge in [-0.15, -0.1) is 0 Å². The lowest BCUT2D eigenvalue weighted by atomic mass is 10.0. The molecule has 3 heteroatoms. The van der Waals surface area contributed by atoms with Gasteiger partial charge in [0, 0.05) is 6.42 Å². The van der Waals surface area contributed by atoms with Gasteiger partial charge in [-0.25, -0.2) is 4.39 Å². The number of unbranched alkanes of at least 4 members (excludes halogenated alkanes) is 6. The first-order valence-electron chi connectivity index (χ1n) is 7.56. The van der Waals surface area contributed by atoms with Crippen LogP contribution in [0.2, 0.25) is 0 Å². The first kappa shape index (κ1) is 16.7. The van der Waals surface area contributed by atoms with Crippen LogP contribution in [-0.2, 0) is 0 Å². The molecule has 0 aliphatic heterocycles. The van der Waals surface area contributed by atoms with Crippen molar-refractivity contribution in [2.45, 2.75) is 58.3 Å². The zero-order chi connectivity index (χ0) is 14.8. The third-order valence-corrected chi connectivity index (χ3v) is 3.49. The van der Waals surface area contributed by atoms with Gasteiger partial charge in [-0.2, -0.15) is 0 Å². The lowest BCUT2D eigenvalue weighted by Crippen LogP contribution is -2.03. The van der Waals surface area contributed by atoms with E-state index < -0.39 is 5.82 Å². The fourth-order valence-corrected chi connectivity index (χ4v) is 2.26. The van der Waals surface area contributed by atoms with E-state index >= 15 is 0 Å². The molecule has 0 fully saturated rings. The van der Waals surface area contributed by atoms with E-state index in [1.807, 2.05) is 0 Å². The highest BCUT2D eigenvalue weighted by Gasteiger charge is 2.14. The Balaban J connectivity index is 2.33. The van der Waals surface area contributed by atoms with E-state index in [4.69, 9.17) is 4.74 Å². The topological polar surface area (TPSA) is 26.3 Å². The number of carbonyl (C=O) groups is 1. The second-order valence-electron chi connectivity index (χ2n) is 5.12. The van der Waals surface area contributed by atoms with Gasteiger partial charge in [0.2, 0.25) is 0 Å². The van der Waals surface area contributed by atoms with Gasteiger partial charge in [0.1, 0.15) is 0 Å². The van der Waals surface area contributed by atoms with Gasteiger partial charge in [0.15, 0.2) is 17.3 Å². The van der Waals surface area contributed by atoms with Crippen molar-refractivity contribution in [2.24, 2.45) is 0 Å². The molecule has 0 saturated heterocycles. The second kappa shape index (κ2) is 9.51. The summed E-state index contributed by atoms with van der Waals surface area (Å²) < 4.78 is 18.8. The van der Waals surface area contributed by atoms with Crippen LogP contribution >= 0.6 is 0 Å². The van der Waals surface area contributed by atoms with Crippen LogP contribution in [0.5, 0.6) is 5.75 Å². The summed E-state index contributed by atoms with van der Waals surface area (Å²) in [4.78, 5) is 12.0. The zero-order valence-corrected chi connectivity index (χ0v) is 12.6. The van der Waals surface area contributed by atoms with Gasteiger partial charge < -0.3 is 4.74 Å². The van der Waals surface area contributed by atoms with Gasteiger partial charge in [0.05, 0.1) is 12.7 Å². The molecule has 0 aliphatic carbocycles. The number of hydrogen-bond donors (Lipinski definition) is 0. The number of benzene rings is 1. The van der Waals surface area contributed by atoms with Gasteiger partial charge in [-0.3, -0.25) is 4.79 Å². The van der Waals surface area contributed by atoms with Crippen LogP contribution < -0.4 is 4.74 Å². The van der Waals surface area contributed by atoms with Crippen LogP contribution in [0.1, 0.15) is 68.6 Å². The van der Waals surface area contributed by atoms with Crippen LogP contribution in [0.4, 0.5) is 4.39 Å². The van der Waals surface area contributed by atoms with Crippen molar-refractivity contribution < 1.29 is 13.9 Å². The molecule has 2 nitrogen and oxygen atoms in total. The summed E-state index contributed by atoms with van der Waals surface area (Å²) in [6, 6.07) is 4.71. The third-order valence-electron chi connectivity index (χ3n) is 3.49. The number of halogens is 1. The van der Waals surface area contributed by atoms with Crippen molar-refractivity contribution in [3.05, 3.63) is 29.6 Å². The highest BCUT2D eigenvalue weighted by molar-refractivity contribution is 5.96. The molecule has 0 aromatic heterocycles. The van der Waals surface area contributed by atoms with Crippen LogP contribution in [0.3, 0.4) is 0 Å². The Morgan fingerprint density at radius 3 is 2.40 bits per heavy atom. The number of carbonyl (C=O) groups excluding carboxylic acids is 1. The maximum absolute atomic E-state index is 13.9. The highest BCUT2D eigenvalue weighted by Crippen LogP contribution is 2.21. The normalized spacial score (nSPS) is 10.6. The molecule has 0 atom stereocenters. The van der Waals surface area contributed by atoms with E-state index in [0.717, 1.165) is 19.3 Å². The first-order valence-corrected chi connectivity index (χ1v) is 7.56. The summed E-state index contributed by atoms with van der Waals surface area (Å²) in [5.41, 5.74) is 0.148. The molecule has 112 valence electrons. The molecule has 1 aromatic rings. The van der Waals surface area contributed by atoms with Gasteiger partial charge in [-0.1, -0.05) is 51.5 Å². The Morgan fingerprint density at radius 2 is 1.75 bits per heavy atom. The molecule has 0 aliphatic rings. The Labute approximate surface area is 121 Å². The minimum atomic E-state index is -0.539. The number of ether oxygens (including phenoxy) is 1.